The van der Waals surface area contributed by atoms with Crippen LogP contribution in [0.3, 0.4) is 0 Å². The summed E-state index contributed by atoms with van der Waals surface area (Å²) < 4.78 is 74.2. The number of halogens is 6. The molecule has 0 aromatic heterocycles. The molecule has 1 atom stereocenters. The molecule has 13 heavy (non-hydrogen) atoms. The third-order valence-corrected chi connectivity index (χ3v) is 2.09. The first-order valence-corrected chi connectivity index (χ1v) is 3.24. The van der Waals surface area contributed by atoms with Gasteiger partial charge < -0.3 is 0 Å². The average Bonchev–Trinajstić information content (AvgIpc) is 2.05. The molecule has 76 valence electrons. The zero-order valence-electron chi connectivity index (χ0n) is 6.25. The van der Waals surface area contributed by atoms with Gasteiger partial charge >= 0.3 is 17.8 Å². The van der Waals surface area contributed by atoms with Crippen LogP contribution in [0.1, 0.15) is 6.92 Å². The smallest absolute Gasteiger partial charge is 0.286 e. The number of carbonyl (C=O) groups excluding carboxylic acids is 1. The van der Waals surface area contributed by atoms with E-state index in [0.29, 0.717) is 0 Å². The molecule has 0 heterocycles. The molecule has 0 spiro atoms. The van der Waals surface area contributed by atoms with E-state index in [9.17, 15) is 31.1 Å². The second-order valence-corrected chi connectivity index (χ2v) is 2.87. The Morgan fingerprint density at radius 3 is 1.54 bits per heavy atom. The van der Waals surface area contributed by atoms with Crippen molar-refractivity contribution in [2.75, 3.05) is 0 Å². The SMILES string of the molecule is CC1C(F)(F)C(=O)C(F)(F)C1(F)F. The van der Waals surface area contributed by atoms with E-state index in [1.54, 1.807) is 0 Å². The van der Waals surface area contributed by atoms with E-state index < -0.39 is 29.5 Å². The van der Waals surface area contributed by atoms with Gasteiger partial charge in [-0.1, -0.05) is 6.92 Å². The molecular formula is C6H4F6O. The first-order valence-electron chi connectivity index (χ1n) is 3.24. The highest BCUT2D eigenvalue weighted by Crippen LogP contribution is 2.55. The minimum atomic E-state index is -5.27. The van der Waals surface area contributed by atoms with Crippen LogP contribution in [0.4, 0.5) is 26.3 Å². The summed E-state index contributed by atoms with van der Waals surface area (Å²) in [5, 5.41) is 0. The van der Waals surface area contributed by atoms with Crippen LogP contribution in [-0.2, 0) is 4.79 Å². The fourth-order valence-electron chi connectivity index (χ4n) is 1.06. The predicted molar refractivity (Wildman–Crippen MR) is 29.0 cm³/mol. The molecular weight excluding hydrogens is 202 g/mol. The van der Waals surface area contributed by atoms with Crippen molar-refractivity contribution in [3.8, 4) is 0 Å². The highest BCUT2D eigenvalue weighted by molar-refractivity contribution is 5.96. The highest BCUT2D eigenvalue weighted by atomic mass is 19.3. The van der Waals surface area contributed by atoms with E-state index in [0.717, 1.165) is 0 Å². The Labute approximate surface area is 68.7 Å². The van der Waals surface area contributed by atoms with Crippen molar-refractivity contribution in [2.45, 2.75) is 24.7 Å². The number of carbonyl (C=O) groups is 1. The van der Waals surface area contributed by atoms with E-state index in [1.807, 2.05) is 0 Å². The van der Waals surface area contributed by atoms with E-state index >= 15 is 0 Å². The molecule has 0 radical (unpaired) electrons. The third-order valence-electron chi connectivity index (χ3n) is 2.09. The Hall–Kier alpha value is -0.750. The summed E-state index contributed by atoms with van der Waals surface area (Å²) in [6, 6.07) is 0. The topological polar surface area (TPSA) is 17.1 Å². The number of hydrogen-bond acceptors (Lipinski definition) is 1. The van der Waals surface area contributed by atoms with Gasteiger partial charge in [-0.3, -0.25) is 4.79 Å². The second-order valence-electron chi connectivity index (χ2n) is 2.87. The van der Waals surface area contributed by atoms with E-state index in [1.165, 1.54) is 0 Å². The van der Waals surface area contributed by atoms with Gasteiger partial charge in [0.25, 0.3) is 5.78 Å². The predicted octanol–water partition coefficient (Wildman–Crippen LogP) is 2.11. The molecule has 0 aromatic carbocycles. The number of Topliss-reactive ketones (excluding diaryl/α,β-unsaturated/α-hetero) is 1. The van der Waals surface area contributed by atoms with Gasteiger partial charge in [0.15, 0.2) is 0 Å². The molecule has 1 nitrogen and oxygen atoms in total. The fraction of sp³-hybridized carbons (Fsp3) is 0.833. The van der Waals surface area contributed by atoms with Crippen molar-refractivity contribution in [3.63, 3.8) is 0 Å². The van der Waals surface area contributed by atoms with Gasteiger partial charge in [-0.05, 0) is 0 Å². The van der Waals surface area contributed by atoms with Crippen LogP contribution in [0.15, 0.2) is 0 Å². The summed E-state index contributed by atoms with van der Waals surface area (Å²) in [7, 11) is 0. The molecule has 1 rings (SSSR count). The lowest BCUT2D eigenvalue weighted by atomic mass is 10.1. The van der Waals surface area contributed by atoms with E-state index in [2.05, 4.69) is 0 Å². The summed E-state index contributed by atoms with van der Waals surface area (Å²) in [5.74, 6) is -20.9. The Morgan fingerprint density at radius 2 is 1.46 bits per heavy atom. The first-order chi connectivity index (χ1) is 5.56. The zero-order chi connectivity index (χ0) is 10.7. The minimum absolute atomic E-state index is 0.221. The molecule has 0 amide bonds. The molecule has 0 saturated heterocycles. The van der Waals surface area contributed by atoms with Crippen molar-refractivity contribution in [1.82, 2.24) is 0 Å². The van der Waals surface area contributed by atoms with Crippen molar-refractivity contribution in [2.24, 2.45) is 5.92 Å². The monoisotopic (exact) mass is 206 g/mol. The Morgan fingerprint density at radius 1 is 1.08 bits per heavy atom. The number of rotatable bonds is 0. The molecule has 1 unspecified atom stereocenters. The average molecular weight is 206 g/mol. The summed E-state index contributed by atoms with van der Waals surface area (Å²) in [4.78, 5) is 10.2. The summed E-state index contributed by atoms with van der Waals surface area (Å²) >= 11 is 0. The number of hydrogen-bond donors (Lipinski definition) is 0. The Kier molecular flexibility index (Phi) is 1.74. The standard InChI is InChI=1S/C6H4F6O/c1-2-4(7,8)3(13)6(11,12)5(2,9)10/h2H,1H3. The van der Waals surface area contributed by atoms with Crippen LogP contribution >= 0.6 is 0 Å². The molecule has 1 fully saturated rings. The van der Waals surface area contributed by atoms with Gasteiger partial charge in [0.2, 0.25) is 0 Å². The van der Waals surface area contributed by atoms with E-state index in [4.69, 9.17) is 0 Å². The highest BCUT2D eigenvalue weighted by Gasteiger charge is 2.81. The Balaban J connectivity index is 3.29. The van der Waals surface area contributed by atoms with Crippen molar-refractivity contribution < 1.29 is 31.1 Å². The number of ketones is 1. The van der Waals surface area contributed by atoms with Crippen molar-refractivity contribution >= 4 is 5.78 Å². The van der Waals surface area contributed by atoms with Crippen LogP contribution in [0.5, 0.6) is 0 Å². The van der Waals surface area contributed by atoms with Gasteiger partial charge in [0, 0.05) is 0 Å². The summed E-state index contributed by atoms with van der Waals surface area (Å²) in [6.07, 6.45) is 0. The van der Waals surface area contributed by atoms with Crippen LogP contribution in [0.25, 0.3) is 0 Å². The fourth-order valence-corrected chi connectivity index (χ4v) is 1.06. The van der Waals surface area contributed by atoms with Crippen molar-refractivity contribution in [3.05, 3.63) is 0 Å². The van der Waals surface area contributed by atoms with Crippen molar-refractivity contribution in [1.29, 1.82) is 0 Å². The van der Waals surface area contributed by atoms with Gasteiger partial charge in [-0.2, -0.15) is 26.3 Å². The molecule has 0 N–H and O–H groups in total. The first kappa shape index (κ1) is 10.3. The van der Waals surface area contributed by atoms with Crippen LogP contribution in [0, 0.1) is 5.92 Å². The molecule has 1 aliphatic rings. The van der Waals surface area contributed by atoms with Gasteiger partial charge in [0.1, 0.15) is 0 Å². The lowest BCUT2D eigenvalue weighted by molar-refractivity contribution is -0.203. The van der Waals surface area contributed by atoms with Gasteiger partial charge in [-0.15, -0.1) is 0 Å². The Bertz CT molecular complexity index is 258. The largest absolute Gasteiger partial charge is 0.373 e. The maximum atomic E-state index is 12.4. The van der Waals surface area contributed by atoms with Gasteiger partial charge in [-0.25, -0.2) is 0 Å². The third kappa shape index (κ3) is 0.926. The summed E-state index contributed by atoms with van der Waals surface area (Å²) in [5.41, 5.74) is 0. The van der Waals surface area contributed by atoms with Crippen LogP contribution in [-0.4, -0.2) is 23.6 Å². The molecule has 0 aliphatic heterocycles. The minimum Gasteiger partial charge on any atom is -0.286 e. The molecule has 1 saturated carbocycles. The quantitative estimate of drug-likeness (QED) is 0.554. The maximum Gasteiger partial charge on any atom is 0.373 e. The van der Waals surface area contributed by atoms with E-state index in [-0.39, 0.29) is 6.92 Å². The van der Waals surface area contributed by atoms with Crippen LogP contribution in [0.2, 0.25) is 0 Å². The normalized spacial score (nSPS) is 35.0. The molecule has 0 bridgehead atoms. The molecule has 0 aromatic rings. The zero-order valence-corrected chi connectivity index (χ0v) is 6.25. The maximum absolute atomic E-state index is 12.4. The molecule has 7 heteroatoms. The summed E-state index contributed by atoms with van der Waals surface area (Å²) in [6.45, 7) is 0.221. The lowest BCUT2D eigenvalue weighted by Crippen LogP contribution is -2.42. The number of alkyl halides is 6. The molecule has 1 aliphatic carbocycles. The second kappa shape index (κ2) is 2.19. The van der Waals surface area contributed by atoms with Crippen LogP contribution < -0.4 is 0 Å². The van der Waals surface area contributed by atoms with Gasteiger partial charge in [0.05, 0.1) is 5.92 Å². The lowest BCUT2D eigenvalue weighted by Gasteiger charge is -2.19.